The summed E-state index contributed by atoms with van der Waals surface area (Å²) in [7, 11) is 0. The zero-order valence-electron chi connectivity index (χ0n) is 8.38. The summed E-state index contributed by atoms with van der Waals surface area (Å²) in [5.74, 6) is 1.66. The lowest BCUT2D eigenvalue weighted by molar-refractivity contribution is 0.130. The molecular formula is C10H20N2. The van der Waals surface area contributed by atoms with E-state index in [0.29, 0.717) is 11.6 Å². The minimum Gasteiger partial charge on any atom is -0.327 e. The second kappa shape index (κ2) is 2.46. The third kappa shape index (κ3) is 1.09. The lowest BCUT2D eigenvalue weighted by Crippen LogP contribution is -2.44. The number of nitrogens with two attached hydrogens (primary N) is 1. The first-order valence-electron chi connectivity index (χ1n) is 5.07. The molecule has 2 unspecified atom stereocenters. The van der Waals surface area contributed by atoms with E-state index in [4.69, 9.17) is 5.73 Å². The van der Waals surface area contributed by atoms with E-state index in [-0.39, 0.29) is 0 Å². The number of hydrogen-bond acceptors (Lipinski definition) is 2. The highest BCUT2D eigenvalue weighted by atomic mass is 15.2. The Morgan fingerprint density at radius 2 is 1.83 bits per heavy atom. The molecule has 0 amide bonds. The van der Waals surface area contributed by atoms with Gasteiger partial charge in [0.15, 0.2) is 0 Å². The van der Waals surface area contributed by atoms with E-state index < -0.39 is 0 Å². The molecule has 1 saturated heterocycles. The molecule has 2 N–H and O–H groups in total. The zero-order valence-corrected chi connectivity index (χ0v) is 8.38. The van der Waals surface area contributed by atoms with E-state index >= 15 is 0 Å². The van der Waals surface area contributed by atoms with Crippen LogP contribution in [0.2, 0.25) is 0 Å². The zero-order chi connectivity index (χ0) is 8.93. The van der Waals surface area contributed by atoms with Crippen molar-refractivity contribution < 1.29 is 0 Å². The van der Waals surface area contributed by atoms with Gasteiger partial charge in [0.05, 0.1) is 0 Å². The lowest BCUT2D eigenvalue weighted by atomic mass is 9.99. The standard InChI is InChI=1S/C10H20N2/c1-4-10(2,3)12-5-7-8(6-12)9(7)11/h7-9H,4-6,11H2,1-3H3. The van der Waals surface area contributed by atoms with Crippen LogP contribution in [0.3, 0.4) is 0 Å². The Kier molecular flexibility index (Phi) is 1.74. The van der Waals surface area contributed by atoms with Crippen molar-refractivity contribution in [2.75, 3.05) is 13.1 Å². The van der Waals surface area contributed by atoms with Gasteiger partial charge >= 0.3 is 0 Å². The fourth-order valence-corrected chi connectivity index (χ4v) is 2.29. The van der Waals surface area contributed by atoms with Crippen LogP contribution in [0.5, 0.6) is 0 Å². The van der Waals surface area contributed by atoms with Crippen molar-refractivity contribution >= 4 is 0 Å². The third-order valence-electron chi connectivity index (χ3n) is 3.98. The minimum atomic E-state index is 0.396. The fourth-order valence-electron chi connectivity index (χ4n) is 2.29. The molecule has 0 bridgehead atoms. The fraction of sp³-hybridized carbons (Fsp3) is 1.00. The van der Waals surface area contributed by atoms with Gasteiger partial charge in [-0.3, -0.25) is 4.90 Å². The van der Waals surface area contributed by atoms with Crippen LogP contribution in [0.25, 0.3) is 0 Å². The molecular weight excluding hydrogens is 148 g/mol. The second-order valence-electron chi connectivity index (χ2n) is 4.98. The largest absolute Gasteiger partial charge is 0.327 e. The average molecular weight is 168 g/mol. The van der Waals surface area contributed by atoms with Crippen molar-refractivity contribution in [3.63, 3.8) is 0 Å². The van der Waals surface area contributed by atoms with Crippen molar-refractivity contribution in [2.24, 2.45) is 17.6 Å². The topological polar surface area (TPSA) is 29.3 Å². The van der Waals surface area contributed by atoms with E-state index in [1.165, 1.54) is 19.5 Å². The Morgan fingerprint density at radius 3 is 2.25 bits per heavy atom. The molecule has 2 nitrogen and oxygen atoms in total. The van der Waals surface area contributed by atoms with Crippen molar-refractivity contribution in [1.29, 1.82) is 0 Å². The molecule has 2 atom stereocenters. The number of hydrogen-bond donors (Lipinski definition) is 1. The molecule has 0 aromatic heterocycles. The quantitative estimate of drug-likeness (QED) is 0.668. The van der Waals surface area contributed by atoms with Crippen LogP contribution >= 0.6 is 0 Å². The Hall–Kier alpha value is -0.0800. The molecule has 2 heteroatoms. The second-order valence-corrected chi connectivity index (χ2v) is 4.98. The summed E-state index contributed by atoms with van der Waals surface area (Å²) in [4.78, 5) is 2.60. The van der Waals surface area contributed by atoms with Gasteiger partial charge in [0.2, 0.25) is 0 Å². The van der Waals surface area contributed by atoms with Crippen LogP contribution in [0.1, 0.15) is 27.2 Å². The molecule has 1 aliphatic heterocycles. The number of nitrogens with zero attached hydrogens (tertiary/aromatic N) is 1. The van der Waals surface area contributed by atoms with Crippen LogP contribution in [-0.2, 0) is 0 Å². The van der Waals surface area contributed by atoms with Gasteiger partial charge in [-0.1, -0.05) is 6.92 Å². The van der Waals surface area contributed by atoms with Gasteiger partial charge in [-0.15, -0.1) is 0 Å². The van der Waals surface area contributed by atoms with Crippen LogP contribution in [0.4, 0.5) is 0 Å². The van der Waals surface area contributed by atoms with Gasteiger partial charge in [-0.05, 0) is 32.1 Å². The lowest BCUT2D eigenvalue weighted by Gasteiger charge is -2.36. The van der Waals surface area contributed by atoms with Crippen LogP contribution in [-0.4, -0.2) is 29.6 Å². The maximum absolute atomic E-state index is 5.89. The molecule has 12 heavy (non-hydrogen) atoms. The summed E-state index contributed by atoms with van der Waals surface area (Å²) in [6.45, 7) is 9.43. The van der Waals surface area contributed by atoms with Crippen molar-refractivity contribution in [3.05, 3.63) is 0 Å². The number of rotatable bonds is 2. The van der Waals surface area contributed by atoms with Gasteiger partial charge < -0.3 is 5.73 Å². The number of likely N-dealkylation sites (tertiary alicyclic amines) is 1. The van der Waals surface area contributed by atoms with Gasteiger partial charge in [-0.2, -0.15) is 0 Å². The molecule has 1 aliphatic carbocycles. The summed E-state index contributed by atoms with van der Waals surface area (Å²) < 4.78 is 0. The molecule has 0 radical (unpaired) electrons. The first-order chi connectivity index (χ1) is 5.56. The van der Waals surface area contributed by atoms with E-state index in [1.54, 1.807) is 0 Å². The predicted octanol–water partition coefficient (Wildman–Crippen LogP) is 1.06. The van der Waals surface area contributed by atoms with E-state index in [0.717, 1.165) is 11.8 Å². The smallest absolute Gasteiger partial charge is 0.0150 e. The maximum atomic E-state index is 5.89. The summed E-state index contributed by atoms with van der Waals surface area (Å²) in [6, 6.07) is 0.536. The molecule has 0 spiro atoms. The van der Waals surface area contributed by atoms with Crippen molar-refractivity contribution in [2.45, 2.75) is 38.8 Å². The molecule has 2 fully saturated rings. The van der Waals surface area contributed by atoms with Gasteiger partial charge in [0.1, 0.15) is 0 Å². The SMILES string of the molecule is CCC(C)(C)N1CC2C(N)C2C1. The highest BCUT2D eigenvalue weighted by Crippen LogP contribution is 2.46. The molecule has 2 rings (SSSR count). The Labute approximate surface area is 75.1 Å². The highest BCUT2D eigenvalue weighted by Gasteiger charge is 2.55. The van der Waals surface area contributed by atoms with E-state index in [2.05, 4.69) is 25.7 Å². The number of piperidine rings is 1. The molecule has 70 valence electrons. The first kappa shape index (κ1) is 8.52. The summed E-state index contributed by atoms with van der Waals surface area (Å²) in [5.41, 5.74) is 6.29. The molecule has 1 saturated carbocycles. The Balaban J connectivity index is 1.94. The predicted molar refractivity (Wildman–Crippen MR) is 50.9 cm³/mol. The van der Waals surface area contributed by atoms with E-state index in [1.807, 2.05) is 0 Å². The first-order valence-corrected chi connectivity index (χ1v) is 5.07. The highest BCUT2D eigenvalue weighted by molar-refractivity contribution is 5.10. The molecule has 2 aliphatic rings. The summed E-state index contributed by atoms with van der Waals surface area (Å²) in [5, 5.41) is 0. The third-order valence-corrected chi connectivity index (χ3v) is 3.98. The number of fused-ring (bicyclic) bond motifs is 1. The van der Waals surface area contributed by atoms with Gasteiger partial charge in [-0.25, -0.2) is 0 Å². The van der Waals surface area contributed by atoms with Crippen LogP contribution in [0.15, 0.2) is 0 Å². The normalized spacial score (nSPS) is 41.5. The molecule has 1 heterocycles. The van der Waals surface area contributed by atoms with Crippen molar-refractivity contribution in [3.8, 4) is 0 Å². The van der Waals surface area contributed by atoms with E-state index in [9.17, 15) is 0 Å². The van der Waals surface area contributed by atoms with Crippen LogP contribution in [0, 0.1) is 11.8 Å². The van der Waals surface area contributed by atoms with Crippen molar-refractivity contribution in [1.82, 2.24) is 4.90 Å². The summed E-state index contributed by atoms with van der Waals surface area (Å²) >= 11 is 0. The minimum absolute atomic E-state index is 0.396. The summed E-state index contributed by atoms with van der Waals surface area (Å²) in [6.07, 6.45) is 1.24. The maximum Gasteiger partial charge on any atom is 0.0150 e. The Morgan fingerprint density at radius 1 is 1.33 bits per heavy atom. The van der Waals surface area contributed by atoms with Gasteiger partial charge in [0, 0.05) is 24.7 Å². The molecule has 0 aromatic carbocycles. The monoisotopic (exact) mass is 168 g/mol. The van der Waals surface area contributed by atoms with Gasteiger partial charge in [0.25, 0.3) is 0 Å². The van der Waals surface area contributed by atoms with Crippen LogP contribution < -0.4 is 5.73 Å². The Bertz CT molecular complexity index is 176. The average Bonchev–Trinajstić information content (AvgIpc) is 2.55. The molecule has 0 aromatic rings.